The number of fused-ring (bicyclic) bond motifs is 3. The number of carboxylic acid groups (broad SMARTS) is 1. The molecule has 3 rings (SSSR count). The van der Waals surface area contributed by atoms with E-state index < -0.39 is 42.1 Å². The third-order valence-electron chi connectivity index (χ3n) is 5.98. The molecule has 8 nitrogen and oxygen atoms in total. The smallest absolute Gasteiger partial charge is 0.407 e. The summed E-state index contributed by atoms with van der Waals surface area (Å²) in [6.07, 6.45) is -1.35. The molecule has 0 saturated heterocycles. The Labute approximate surface area is 201 Å². The van der Waals surface area contributed by atoms with Gasteiger partial charge in [0.05, 0.1) is 12.1 Å². The van der Waals surface area contributed by atoms with Gasteiger partial charge in [-0.2, -0.15) is 8.78 Å². The van der Waals surface area contributed by atoms with Crippen LogP contribution in [0.5, 0.6) is 0 Å². The summed E-state index contributed by atoms with van der Waals surface area (Å²) in [7, 11) is 1.34. The molecule has 1 atom stereocenters. The van der Waals surface area contributed by atoms with Gasteiger partial charge in [-0.1, -0.05) is 48.5 Å². The summed E-state index contributed by atoms with van der Waals surface area (Å²) in [6.45, 7) is 1.69. The lowest BCUT2D eigenvalue weighted by atomic mass is 9.98. The monoisotopic (exact) mass is 490 g/mol. The van der Waals surface area contributed by atoms with Crippen LogP contribution >= 0.6 is 0 Å². The van der Waals surface area contributed by atoms with Crippen LogP contribution in [0, 0.1) is 0 Å². The number of methoxy groups -OCH3 is 1. The highest BCUT2D eigenvalue weighted by Gasteiger charge is 2.42. The Morgan fingerprint density at radius 1 is 1.03 bits per heavy atom. The predicted octanol–water partition coefficient (Wildman–Crippen LogP) is 3.54. The normalized spacial score (nSPS) is 14.0. The van der Waals surface area contributed by atoms with Crippen LogP contribution in [-0.2, 0) is 19.1 Å². The van der Waals surface area contributed by atoms with Crippen LogP contribution in [0.3, 0.4) is 0 Å². The molecule has 0 fully saturated rings. The van der Waals surface area contributed by atoms with Gasteiger partial charge in [0.25, 0.3) is 5.91 Å². The van der Waals surface area contributed by atoms with Crippen molar-refractivity contribution >= 4 is 18.0 Å². The minimum Gasteiger partial charge on any atom is -0.480 e. The molecular formula is C25H28F2N2O6. The molecule has 0 bridgehead atoms. The highest BCUT2D eigenvalue weighted by molar-refractivity contribution is 5.88. The van der Waals surface area contributed by atoms with E-state index in [-0.39, 0.29) is 18.9 Å². The Kier molecular flexibility index (Phi) is 7.74. The van der Waals surface area contributed by atoms with Crippen molar-refractivity contribution < 1.29 is 37.7 Å². The molecule has 0 spiro atoms. The second-order valence-electron chi connectivity index (χ2n) is 8.92. The molecule has 2 amide bonds. The van der Waals surface area contributed by atoms with Crippen molar-refractivity contribution in [1.82, 2.24) is 10.6 Å². The van der Waals surface area contributed by atoms with Crippen LogP contribution < -0.4 is 10.6 Å². The van der Waals surface area contributed by atoms with Gasteiger partial charge in [0.1, 0.15) is 12.6 Å². The van der Waals surface area contributed by atoms with E-state index in [2.05, 4.69) is 0 Å². The number of rotatable bonds is 10. The third kappa shape index (κ3) is 6.13. The molecule has 1 aliphatic rings. The van der Waals surface area contributed by atoms with Crippen LogP contribution in [0.15, 0.2) is 48.5 Å². The fourth-order valence-corrected chi connectivity index (χ4v) is 3.95. The number of nitrogens with one attached hydrogen (secondary N) is 2. The van der Waals surface area contributed by atoms with E-state index in [4.69, 9.17) is 9.47 Å². The molecule has 0 aromatic heterocycles. The van der Waals surface area contributed by atoms with Crippen molar-refractivity contribution in [3.8, 4) is 11.1 Å². The first-order valence-corrected chi connectivity index (χ1v) is 11.0. The Hall–Kier alpha value is -3.53. The van der Waals surface area contributed by atoms with Gasteiger partial charge in [0, 0.05) is 19.4 Å². The molecular weight excluding hydrogens is 462 g/mol. The number of hydrogen-bond donors (Lipinski definition) is 3. The molecule has 10 heteroatoms. The topological polar surface area (TPSA) is 114 Å². The number of ether oxygens (including phenoxy) is 2. The molecule has 0 saturated carbocycles. The van der Waals surface area contributed by atoms with Gasteiger partial charge in [-0.25, -0.2) is 9.59 Å². The van der Waals surface area contributed by atoms with Crippen LogP contribution in [-0.4, -0.2) is 60.9 Å². The summed E-state index contributed by atoms with van der Waals surface area (Å²) in [4.78, 5) is 35.6. The van der Waals surface area contributed by atoms with Gasteiger partial charge in [0.15, 0.2) is 0 Å². The van der Waals surface area contributed by atoms with Crippen molar-refractivity contribution in [2.45, 2.75) is 43.8 Å². The fourth-order valence-electron chi connectivity index (χ4n) is 3.95. The van der Waals surface area contributed by atoms with Crippen molar-refractivity contribution in [3.05, 3.63) is 59.7 Å². The van der Waals surface area contributed by atoms with E-state index in [1.807, 2.05) is 59.2 Å². The number of alkyl halides is 2. The number of carbonyl (C=O) groups excluding carboxylic acids is 2. The molecule has 35 heavy (non-hydrogen) atoms. The van der Waals surface area contributed by atoms with Crippen LogP contribution in [0.4, 0.5) is 13.6 Å². The number of alkyl carbamates (subject to hydrolysis) is 1. The van der Waals surface area contributed by atoms with Crippen molar-refractivity contribution in [2.24, 2.45) is 0 Å². The highest BCUT2D eigenvalue weighted by Crippen LogP contribution is 2.44. The second-order valence-corrected chi connectivity index (χ2v) is 8.92. The van der Waals surface area contributed by atoms with E-state index in [0.717, 1.165) is 22.3 Å². The van der Waals surface area contributed by atoms with Crippen LogP contribution in [0.25, 0.3) is 11.1 Å². The highest BCUT2D eigenvalue weighted by atomic mass is 19.3. The van der Waals surface area contributed by atoms with Crippen molar-refractivity contribution in [3.63, 3.8) is 0 Å². The van der Waals surface area contributed by atoms with Crippen LogP contribution in [0.2, 0.25) is 0 Å². The van der Waals surface area contributed by atoms with Gasteiger partial charge in [-0.05, 0) is 36.1 Å². The second kappa shape index (κ2) is 10.4. The summed E-state index contributed by atoms with van der Waals surface area (Å²) < 4.78 is 39.0. The molecule has 1 aliphatic carbocycles. The average molecular weight is 491 g/mol. The first kappa shape index (κ1) is 26.1. The minimum atomic E-state index is -4.06. The molecule has 188 valence electrons. The summed E-state index contributed by atoms with van der Waals surface area (Å²) in [5.41, 5.74) is 3.00. The van der Waals surface area contributed by atoms with Gasteiger partial charge >= 0.3 is 18.0 Å². The van der Waals surface area contributed by atoms with E-state index in [1.165, 1.54) is 7.11 Å². The lowest BCUT2D eigenvalue weighted by Crippen LogP contribution is -2.54. The molecule has 2 aromatic carbocycles. The number of hydrogen-bond acceptors (Lipinski definition) is 5. The number of benzene rings is 2. The Balaban J connectivity index is 1.56. The largest absolute Gasteiger partial charge is 0.480 e. The van der Waals surface area contributed by atoms with Gasteiger partial charge < -0.3 is 25.2 Å². The maximum Gasteiger partial charge on any atom is 0.407 e. The summed E-state index contributed by atoms with van der Waals surface area (Å²) in [5, 5.41) is 13.0. The zero-order valence-electron chi connectivity index (χ0n) is 19.6. The maximum absolute atomic E-state index is 14.3. The van der Waals surface area contributed by atoms with Gasteiger partial charge in [-0.3, -0.25) is 4.79 Å². The molecule has 3 N–H and O–H groups in total. The first-order chi connectivity index (χ1) is 16.4. The van der Waals surface area contributed by atoms with Crippen molar-refractivity contribution in [2.75, 3.05) is 20.3 Å². The standard InChI is InChI=1S/C25H28F2N2O6/c1-24(2,34-3)12-20(21(30)31)29-22(32)25(26,27)14-28-23(33)35-13-19-17-10-6-4-8-15(17)16-9-5-7-11-18(16)19/h4-11,19-20H,12-14H2,1-3H3,(H,28,33)(H,29,32)(H,30,31). The van der Waals surface area contributed by atoms with Crippen molar-refractivity contribution in [1.29, 1.82) is 0 Å². The summed E-state index contributed by atoms with van der Waals surface area (Å²) in [5.74, 6) is -7.62. The van der Waals surface area contributed by atoms with Gasteiger partial charge in [-0.15, -0.1) is 0 Å². The van der Waals surface area contributed by atoms with Crippen LogP contribution in [0.1, 0.15) is 37.3 Å². The molecule has 2 aromatic rings. The number of aliphatic carboxylic acids is 1. The molecule has 0 heterocycles. The lowest BCUT2D eigenvalue weighted by molar-refractivity contribution is -0.152. The Morgan fingerprint density at radius 3 is 2.09 bits per heavy atom. The Morgan fingerprint density at radius 2 is 1.57 bits per heavy atom. The zero-order chi connectivity index (χ0) is 25.8. The first-order valence-electron chi connectivity index (χ1n) is 11.0. The zero-order valence-corrected chi connectivity index (χ0v) is 19.6. The summed E-state index contributed by atoms with van der Waals surface area (Å²) in [6, 6.07) is 13.7. The maximum atomic E-state index is 14.3. The lowest BCUT2D eigenvalue weighted by Gasteiger charge is -2.28. The number of halogens is 2. The number of carbonyl (C=O) groups is 3. The van der Waals surface area contributed by atoms with E-state index >= 15 is 0 Å². The average Bonchev–Trinajstić information content (AvgIpc) is 3.14. The fraction of sp³-hybridized carbons (Fsp3) is 0.400. The number of carboxylic acids is 1. The number of amides is 2. The quantitative estimate of drug-likeness (QED) is 0.470. The predicted molar refractivity (Wildman–Crippen MR) is 123 cm³/mol. The molecule has 0 radical (unpaired) electrons. The van der Waals surface area contributed by atoms with Gasteiger partial charge in [0.2, 0.25) is 0 Å². The van der Waals surface area contributed by atoms with E-state index in [1.54, 1.807) is 13.8 Å². The SMILES string of the molecule is COC(C)(C)CC(NC(=O)C(F)(F)CNC(=O)OCC1c2ccccc2-c2ccccc21)C(=O)O. The molecule has 0 aliphatic heterocycles. The van der Waals surface area contributed by atoms with E-state index in [0.29, 0.717) is 0 Å². The minimum absolute atomic E-state index is 0.0786. The van der Waals surface area contributed by atoms with E-state index in [9.17, 15) is 28.3 Å². The third-order valence-corrected chi connectivity index (χ3v) is 5.98. The summed E-state index contributed by atoms with van der Waals surface area (Å²) >= 11 is 0. The molecule has 1 unspecified atom stereocenters. The Bertz CT molecular complexity index is 1060.